The Labute approximate surface area is 154 Å². The third-order valence-corrected chi connectivity index (χ3v) is 6.04. The van der Waals surface area contributed by atoms with Gasteiger partial charge in [0.15, 0.2) is 0 Å². The lowest BCUT2D eigenvalue weighted by atomic mass is 9.69. The Morgan fingerprint density at radius 3 is 2.42 bits per heavy atom. The molecule has 26 heavy (non-hydrogen) atoms. The molecule has 4 rings (SSSR count). The second-order valence-corrected chi connectivity index (χ2v) is 7.41. The topological polar surface area (TPSA) is 44.1 Å². The molecular weight excluding hydrogens is 320 g/mol. The lowest BCUT2D eigenvalue weighted by molar-refractivity contribution is -0.144. The van der Waals surface area contributed by atoms with Crippen molar-refractivity contribution in [1.82, 2.24) is 4.90 Å². The van der Waals surface area contributed by atoms with E-state index in [0.29, 0.717) is 19.5 Å². The Bertz CT molecular complexity index is 855. The lowest BCUT2D eigenvalue weighted by Gasteiger charge is -2.42. The van der Waals surface area contributed by atoms with Crippen LogP contribution >= 0.6 is 0 Å². The van der Waals surface area contributed by atoms with Gasteiger partial charge >= 0.3 is 0 Å². The van der Waals surface area contributed by atoms with Crippen molar-refractivity contribution >= 4 is 5.91 Å². The fourth-order valence-corrected chi connectivity index (χ4v) is 4.90. The highest BCUT2D eigenvalue weighted by atomic mass is 16.2. The molecule has 0 radical (unpaired) electrons. The highest BCUT2D eigenvalue weighted by molar-refractivity contribution is 5.89. The molecule has 2 aliphatic rings. The number of benzene rings is 2. The number of carbonyl (C=O) groups excluding carboxylic acids is 1. The predicted molar refractivity (Wildman–Crippen MR) is 101 cm³/mol. The largest absolute Gasteiger partial charge is 0.337 e. The molecule has 1 saturated heterocycles. The number of nitriles is 1. The number of nitrogens with zero attached hydrogens (tertiary/aromatic N) is 2. The Hall–Kier alpha value is -2.86. The van der Waals surface area contributed by atoms with Crippen LogP contribution in [0.25, 0.3) is 0 Å². The third kappa shape index (κ3) is 2.45. The van der Waals surface area contributed by atoms with Gasteiger partial charge in [0.1, 0.15) is 5.41 Å². The molecule has 3 heteroatoms. The first-order valence-corrected chi connectivity index (χ1v) is 9.11. The lowest BCUT2D eigenvalue weighted by Crippen LogP contribution is -2.51. The zero-order chi connectivity index (χ0) is 18.1. The van der Waals surface area contributed by atoms with Crippen molar-refractivity contribution in [1.29, 1.82) is 5.26 Å². The number of fused-ring (bicyclic) bond motifs is 2. The summed E-state index contributed by atoms with van der Waals surface area (Å²) in [4.78, 5) is 15.3. The van der Waals surface area contributed by atoms with Gasteiger partial charge in [-0.3, -0.25) is 4.79 Å². The van der Waals surface area contributed by atoms with Gasteiger partial charge in [0.05, 0.1) is 6.07 Å². The number of carbonyl (C=O) groups is 1. The van der Waals surface area contributed by atoms with E-state index in [0.717, 1.165) is 11.1 Å². The summed E-state index contributed by atoms with van der Waals surface area (Å²) in [6.45, 7) is 5.23. The zero-order valence-corrected chi connectivity index (χ0v) is 14.7. The van der Waals surface area contributed by atoms with E-state index in [4.69, 9.17) is 0 Å². The van der Waals surface area contributed by atoms with Gasteiger partial charge in [0, 0.05) is 19.0 Å². The molecule has 130 valence electrons. The highest BCUT2D eigenvalue weighted by Crippen LogP contribution is 2.59. The van der Waals surface area contributed by atoms with Gasteiger partial charge in [-0.05, 0) is 29.4 Å². The molecule has 1 saturated carbocycles. The van der Waals surface area contributed by atoms with Crippen LogP contribution in [0, 0.1) is 28.6 Å². The van der Waals surface area contributed by atoms with E-state index in [9.17, 15) is 10.1 Å². The molecule has 0 spiro atoms. The van der Waals surface area contributed by atoms with Crippen LogP contribution in [0.2, 0.25) is 0 Å². The molecule has 0 N–H and O–H groups in total. The van der Waals surface area contributed by atoms with E-state index in [1.807, 2.05) is 59.5 Å². The molecule has 1 heterocycles. The SMILES string of the molecule is C=CC1CC2(C#N)C(=O)N(Cc3ccccc3)CC1C2c1ccccc1. The minimum atomic E-state index is -0.988. The number of amides is 1. The van der Waals surface area contributed by atoms with Crippen molar-refractivity contribution in [2.24, 2.45) is 17.3 Å². The minimum Gasteiger partial charge on any atom is -0.337 e. The second kappa shape index (κ2) is 6.46. The molecule has 2 aromatic carbocycles. The molecule has 1 aliphatic carbocycles. The van der Waals surface area contributed by atoms with Crippen molar-refractivity contribution < 1.29 is 4.79 Å². The summed E-state index contributed by atoms with van der Waals surface area (Å²) < 4.78 is 0. The van der Waals surface area contributed by atoms with Crippen molar-refractivity contribution in [3.63, 3.8) is 0 Å². The van der Waals surface area contributed by atoms with E-state index in [1.165, 1.54) is 0 Å². The maximum Gasteiger partial charge on any atom is 0.244 e. The van der Waals surface area contributed by atoms with E-state index < -0.39 is 5.41 Å². The van der Waals surface area contributed by atoms with Crippen LogP contribution in [0.3, 0.4) is 0 Å². The average Bonchev–Trinajstić information content (AvgIpc) is 2.97. The summed E-state index contributed by atoms with van der Waals surface area (Å²) in [6.07, 6.45) is 2.51. The van der Waals surface area contributed by atoms with Gasteiger partial charge in [-0.2, -0.15) is 5.26 Å². The van der Waals surface area contributed by atoms with E-state index in [-0.39, 0.29) is 23.7 Å². The summed E-state index contributed by atoms with van der Waals surface area (Å²) in [5, 5.41) is 10.1. The van der Waals surface area contributed by atoms with Crippen LogP contribution in [0.5, 0.6) is 0 Å². The third-order valence-electron chi connectivity index (χ3n) is 6.04. The van der Waals surface area contributed by atoms with Crippen molar-refractivity contribution in [3.8, 4) is 6.07 Å². The Morgan fingerprint density at radius 2 is 1.81 bits per heavy atom. The zero-order valence-electron chi connectivity index (χ0n) is 14.7. The summed E-state index contributed by atoms with van der Waals surface area (Å²) >= 11 is 0. The molecule has 1 amide bonds. The van der Waals surface area contributed by atoms with Gasteiger partial charge in [0.2, 0.25) is 5.91 Å². The number of likely N-dealkylation sites (tertiary alicyclic amines) is 1. The van der Waals surface area contributed by atoms with E-state index in [2.05, 4.69) is 24.8 Å². The fourth-order valence-electron chi connectivity index (χ4n) is 4.90. The van der Waals surface area contributed by atoms with Crippen LogP contribution in [-0.4, -0.2) is 17.4 Å². The monoisotopic (exact) mass is 342 g/mol. The normalized spacial score (nSPS) is 30.0. The quantitative estimate of drug-likeness (QED) is 0.784. The number of allylic oxidation sites excluding steroid dienone is 1. The number of piperidine rings is 1. The smallest absolute Gasteiger partial charge is 0.244 e. The molecule has 2 aromatic rings. The summed E-state index contributed by atoms with van der Waals surface area (Å²) in [5.74, 6) is 0.329. The maximum absolute atomic E-state index is 13.5. The molecule has 4 unspecified atom stereocenters. The predicted octanol–water partition coefficient (Wildman–Crippen LogP) is 4.14. The summed E-state index contributed by atoms with van der Waals surface area (Å²) in [6, 6.07) is 22.5. The molecule has 3 nitrogen and oxygen atoms in total. The van der Waals surface area contributed by atoms with Gasteiger partial charge in [-0.1, -0.05) is 66.7 Å². The number of hydrogen-bond acceptors (Lipinski definition) is 2. The molecule has 1 aliphatic heterocycles. The average molecular weight is 342 g/mol. The second-order valence-electron chi connectivity index (χ2n) is 7.41. The van der Waals surface area contributed by atoms with Gasteiger partial charge in [0.25, 0.3) is 0 Å². The summed E-state index contributed by atoms with van der Waals surface area (Å²) in [7, 11) is 0. The fraction of sp³-hybridized carbons (Fsp3) is 0.304. The molecular formula is C23H22N2O. The van der Waals surface area contributed by atoms with Crippen LogP contribution in [0.1, 0.15) is 23.5 Å². The Morgan fingerprint density at radius 1 is 1.15 bits per heavy atom. The Kier molecular flexibility index (Phi) is 4.12. The Balaban J connectivity index is 1.74. The molecule has 2 bridgehead atoms. The van der Waals surface area contributed by atoms with Crippen LogP contribution in [0.4, 0.5) is 0 Å². The van der Waals surface area contributed by atoms with Crippen LogP contribution in [-0.2, 0) is 11.3 Å². The van der Waals surface area contributed by atoms with E-state index in [1.54, 1.807) is 0 Å². The van der Waals surface area contributed by atoms with Crippen LogP contribution < -0.4 is 0 Å². The first kappa shape index (κ1) is 16.6. The van der Waals surface area contributed by atoms with Gasteiger partial charge in [-0.15, -0.1) is 6.58 Å². The molecule has 2 fully saturated rings. The van der Waals surface area contributed by atoms with Crippen molar-refractivity contribution in [2.45, 2.75) is 18.9 Å². The highest BCUT2D eigenvalue weighted by Gasteiger charge is 2.62. The van der Waals surface area contributed by atoms with Crippen molar-refractivity contribution in [3.05, 3.63) is 84.4 Å². The first-order valence-electron chi connectivity index (χ1n) is 9.11. The van der Waals surface area contributed by atoms with Gasteiger partial charge < -0.3 is 4.90 Å². The molecule has 0 aromatic heterocycles. The maximum atomic E-state index is 13.5. The van der Waals surface area contributed by atoms with Gasteiger partial charge in [-0.25, -0.2) is 0 Å². The van der Waals surface area contributed by atoms with Crippen LogP contribution in [0.15, 0.2) is 73.3 Å². The molecule has 4 atom stereocenters. The van der Waals surface area contributed by atoms with Crippen molar-refractivity contribution in [2.75, 3.05) is 6.54 Å². The number of rotatable bonds is 4. The van der Waals surface area contributed by atoms with E-state index >= 15 is 0 Å². The number of hydrogen-bond donors (Lipinski definition) is 0. The first-order chi connectivity index (χ1) is 12.7. The standard InChI is InChI=1S/C23H22N2O/c1-2-18-13-23(16-24)21(19-11-7-4-8-12-19)20(18)15-25(22(23)26)14-17-9-5-3-6-10-17/h2-12,18,20-21H,1,13-15H2. The minimum absolute atomic E-state index is 0.0293. The summed E-state index contributed by atoms with van der Waals surface area (Å²) in [5.41, 5.74) is 1.20.